The normalized spacial score (nSPS) is 11.4. The van der Waals surface area contributed by atoms with Gasteiger partial charge < -0.3 is 24.4 Å². The lowest BCUT2D eigenvalue weighted by molar-refractivity contribution is -0.143. The summed E-state index contributed by atoms with van der Waals surface area (Å²) in [5.41, 5.74) is 0.868. The number of benzene rings is 2. The van der Waals surface area contributed by atoms with Gasteiger partial charge in [-0.2, -0.15) is 0 Å². The Labute approximate surface area is 194 Å². The third-order valence-corrected chi connectivity index (χ3v) is 5.14. The predicted octanol–water partition coefficient (Wildman–Crippen LogP) is 4.07. The summed E-state index contributed by atoms with van der Waals surface area (Å²) in [6, 6.07) is 11.6. The maximum atomic E-state index is 13.2. The maximum absolute atomic E-state index is 13.2. The summed E-state index contributed by atoms with van der Waals surface area (Å²) >= 11 is 5.99. The fourth-order valence-electron chi connectivity index (χ4n) is 3.16. The number of halogens is 1. The van der Waals surface area contributed by atoms with Crippen molar-refractivity contribution in [3.8, 4) is 17.2 Å². The third-order valence-electron chi connectivity index (χ3n) is 4.89. The minimum Gasteiger partial charge on any atom is -0.496 e. The van der Waals surface area contributed by atoms with Crippen LogP contribution in [0.25, 0.3) is 0 Å². The molecule has 2 aromatic rings. The van der Waals surface area contributed by atoms with Crippen molar-refractivity contribution >= 4 is 23.4 Å². The van der Waals surface area contributed by atoms with Crippen LogP contribution in [0, 0.1) is 0 Å². The number of hydrogen-bond acceptors (Lipinski definition) is 5. The first-order chi connectivity index (χ1) is 15.4. The standard InChI is InChI=1S/C24H31ClN2O5/c1-5-11-26-24(29)22(6-2)27(15-17-7-9-18(25)10-8-17)23(28)16-32-21-13-19(30-3)12-20(14-21)31-4/h7-10,12-14,22H,5-6,11,15-16H2,1-4H3,(H,26,29)/t22-/m0/s1. The number of methoxy groups -OCH3 is 2. The average Bonchev–Trinajstić information content (AvgIpc) is 2.81. The van der Waals surface area contributed by atoms with Crippen LogP contribution in [0.15, 0.2) is 42.5 Å². The largest absolute Gasteiger partial charge is 0.496 e. The first-order valence-electron chi connectivity index (χ1n) is 10.6. The molecule has 0 saturated heterocycles. The van der Waals surface area contributed by atoms with Gasteiger partial charge in [0, 0.05) is 36.3 Å². The fraction of sp³-hybridized carbons (Fsp3) is 0.417. The molecule has 174 valence electrons. The first-order valence-corrected chi connectivity index (χ1v) is 11.0. The average molecular weight is 463 g/mol. The Morgan fingerprint density at radius 2 is 1.59 bits per heavy atom. The topological polar surface area (TPSA) is 77.1 Å². The van der Waals surface area contributed by atoms with Gasteiger partial charge in [0.05, 0.1) is 14.2 Å². The number of ether oxygens (including phenoxy) is 3. The second kappa shape index (κ2) is 12.8. The van der Waals surface area contributed by atoms with Crippen LogP contribution in [-0.2, 0) is 16.1 Å². The van der Waals surface area contributed by atoms with Gasteiger partial charge in [0.15, 0.2) is 6.61 Å². The van der Waals surface area contributed by atoms with Crippen molar-refractivity contribution < 1.29 is 23.8 Å². The predicted molar refractivity (Wildman–Crippen MR) is 124 cm³/mol. The van der Waals surface area contributed by atoms with Gasteiger partial charge in [-0.05, 0) is 30.5 Å². The summed E-state index contributed by atoms with van der Waals surface area (Å²) in [5, 5.41) is 3.50. The lowest BCUT2D eigenvalue weighted by atomic mass is 10.1. The fourth-order valence-corrected chi connectivity index (χ4v) is 3.29. The highest BCUT2D eigenvalue weighted by atomic mass is 35.5. The summed E-state index contributed by atoms with van der Waals surface area (Å²) in [7, 11) is 3.08. The van der Waals surface area contributed by atoms with Gasteiger partial charge in [0.2, 0.25) is 5.91 Å². The molecule has 0 heterocycles. The minimum absolute atomic E-state index is 0.181. The van der Waals surface area contributed by atoms with E-state index in [9.17, 15) is 9.59 Å². The van der Waals surface area contributed by atoms with Crippen molar-refractivity contribution in [2.75, 3.05) is 27.4 Å². The molecule has 0 unspecified atom stereocenters. The zero-order chi connectivity index (χ0) is 23.5. The molecule has 1 N–H and O–H groups in total. The van der Waals surface area contributed by atoms with Gasteiger partial charge in [-0.1, -0.05) is 37.6 Å². The molecule has 7 nitrogen and oxygen atoms in total. The van der Waals surface area contributed by atoms with Crippen LogP contribution in [0.2, 0.25) is 5.02 Å². The second-order valence-electron chi connectivity index (χ2n) is 7.20. The van der Waals surface area contributed by atoms with Gasteiger partial charge in [0.25, 0.3) is 5.91 Å². The van der Waals surface area contributed by atoms with E-state index in [-0.39, 0.29) is 25.0 Å². The lowest BCUT2D eigenvalue weighted by Gasteiger charge is -2.30. The van der Waals surface area contributed by atoms with Crippen molar-refractivity contribution in [1.29, 1.82) is 0 Å². The SMILES string of the molecule is CCCNC(=O)[C@H](CC)N(Cc1ccc(Cl)cc1)C(=O)COc1cc(OC)cc(OC)c1. The van der Waals surface area contributed by atoms with Crippen molar-refractivity contribution in [1.82, 2.24) is 10.2 Å². The molecule has 0 spiro atoms. The lowest BCUT2D eigenvalue weighted by Crippen LogP contribution is -2.50. The van der Waals surface area contributed by atoms with Crippen LogP contribution in [0.1, 0.15) is 32.3 Å². The number of amides is 2. The van der Waals surface area contributed by atoms with Crippen molar-refractivity contribution in [2.24, 2.45) is 0 Å². The van der Waals surface area contributed by atoms with E-state index in [1.54, 1.807) is 35.2 Å². The Hall–Kier alpha value is -2.93. The zero-order valence-electron chi connectivity index (χ0n) is 19.0. The number of carbonyl (C=O) groups excluding carboxylic acids is 2. The summed E-state index contributed by atoms with van der Waals surface area (Å²) < 4.78 is 16.2. The van der Waals surface area contributed by atoms with Crippen LogP contribution >= 0.6 is 11.6 Å². The molecule has 0 fully saturated rings. The molecule has 0 radical (unpaired) electrons. The number of rotatable bonds is 12. The van der Waals surface area contributed by atoms with Crippen molar-refractivity contribution in [2.45, 2.75) is 39.3 Å². The first kappa shape index (κ1) is 25.3. The highest BCUT2D eigenvalue weighted by molar-refractivity contribution is 6.30. The van der Waals surface area contributed by atoms with Crippen molar-refractivity contribution in [3.05, 3.63) is 53.1 Å². The molecule has 32 heavy (non-hydrogen) atoms. The van der Waals surface area contributed by atoms with E-state index in [2.05, 4.69) is 5.32 Å². The van der Waals surface area contributed by atoms with Crippen LogP contribution in [0.3, 0.4) is 0 Å². The molecular formula is C24H31ClN2O5. The minimum atomic E-state index is -0.617. The molecule has 0 aliphatic heterocycles. The van der Waals surface area contributed by atoms with Gasteiger partial charge in [-0.3, -0.25) is 9.59 Å². The Morgan fingerprint density at radius 3 is 2.12 bits per heavy atom. The van der Waals surface area contributed by atoms with Gasteiger partial charge in [-0.25, -0.2) is 0 Å². The molecule has 1 atom stereocenters. The number of nitrogens with one attached hydrogen (secondary N) is 1. The molecule has 2 rings (SSSR count). The quantitative estimate of drug-likeness (QED) is 0.514. The van der Waals surface area contributed by atoms with Crippen LogP contribution in [-0.4, -0.2) is 50.1 Å². The summed E-state index contributed by atoms with van der Waals surface area (Å²) in [6.45, 7) is 4.44. The van der Waals surface area contributed by atoms with E-state index in [1.165, 1.54) is 14.2 Å². The van der Waals surface area contributed by atoms with E-state index in [0.717, 1.165) is 12.0 Å². The number of nitrogens with zero attached hydrogens (tertiary/aromatic N) is 1. The molecule has 0 bridgehead atoms. The maximum Gasteiger partial charge on any atom is 0.261 e. The highest BCUT2D eigenvalue weighted by Gasteiger charge is 2.28. The molecule has 2 amide bonds. The van der Waals surface area contributed by atoms with Gasteiger partial charge >= 0.3 is 0 Å². The van der Waals surface area contributed by atoms with Crippen LogP contribution in [0.5, 0.6) is 17.2 Å². The van der Waals surface area contributed by atoms with Gasteiger partial charge in [-0.15, -0.1) is 0 Å². The Kier molecular flexibility index (Phi) is 10.1. The summed E-state index contributed by atoms with van der Waals surface area (Å²) in [6.07, 6.45) is 1.29. The molecular weight excluding hydrogens is 432 g/mol. The number of carbonyl (C=O) groups is 2. The summed E-state index contributed by atoms with van der Waals surface area (Å²) in [5.74, 6) is 1.05. The highest BCUT2D eigenvalue weighted by Crippen LogP contribution is 2.27. The van der Waals surface area contributed by atoms with E-state index < -0.39 is 6.04 Å². The molecule has 0 saturated carbocycles. The van der Waals surface area contributed by atoms with E-state index >= 15 is 0 Å². The monoisotopic (exact) mass is 462 g/mol. The van der Waals surface area contributed by atoms with E-state index in [4.69, 9.17) is 25.8 Å². The number of hydrogen-bond donors (Lipinski definition) is 1. The second-order valence-corrected chi connectivity index (χ2v) is 7.64. The van der Waals surface area contributed by atoms with Crippen LogP contribution in [0.4, 0.5) is 0 Å². The molecule has 0 aliphatic carbocycles. The Bertz CT molecular complexity index is 866. The van der Waals surface area contributed by atoms with E-state index in [1.807, 2.05) is 26.0 Å². The Balaban J connectivity index is 2.22. The molecule has 2 aromatic carbocycles. The van der Waals surface area contributed by atoms with Gasteiger partial charge in [0.1, 0.15) is 23.3 Å². The van der Waals surface area contributed by atoms with Crippen LogP contribution < -0.4 is 19.5 Å². The molecule has 0 aromatic heterocycles. The molecule has 8 heteroatoms. The molecule has 0 aliphatic rings. The smallest absolute Gasteiger partial charge is 0.261 e. The third kappa shape index (κ3) is 7.34. The summed E-state index contributed by atoms with van der Waals surface area (Å²) in [4.78, 5) is 27.5. The van der Waals surface area contributed by atoms with E-state index in [0.29, 0.717) is 35.2 Å². The van der Waals surface area contributed by atoms with Crippen molar-refractivity contribution in [3.63, 3.8) is 0 Å². The Morgan fingerprint density at radius 1 is 1.00 bits per heavy atom. The zero-order valence-corrected chi connectivity index (χ0v) is 19.8.